The van der Waals surface area contributed by atoms with E-state index in [4.69, 9.17) is 0 Å². The number of nitrogens with zero attached hydrogens (tertiary/aromatic N) is 1. The maximum Gasteiger partial charge on any atom is 0.241 e. The zero-order chi connectivity index (χ0) is 23.5. The molecule has 0 aromatic heterocycles. The van der Waals surface area contributed by atoms with Gasteiger partial charge >= 0.3 is 0 Å². The van der Waals surface area contributed by atoms with Crippen LogP contribution in [0.5, 0.6) is 0 Å². The largest absolute Gasteiger partial charge is 0.348 e. The molecule has 3 rings (SSSR count). The van der Waals surface area contributed by atoms with Crippen LogP contribution in [0.1, 0.15) is 51.3 Å². The van der Waals surface area contributed by atoms with Crippen molar-refractivity contribution in [2.24, 2.45) is 5.92 Å². The third-order valence-electron chi connectivity index (χ3n) is 5.75. The van der Waals surface area contributed by atoms with Crippen molar-refractivity contribution in [2.75, 3.05) is 11.4 Å². The summed E-state index contributed by atoms with van der Waals surface area (Å²) < 4.78 is 28.8. The number of amides is 2. The molecule has 172 valence electrons. The minimum Gasteiger partial charge on any atom is -0.348 e. The summed E-state index contributed by atoms with van der Waals surface area (Å²) in [4.78, 5) is 26.8. The number of hydrogen-bond donors (Lipinski definition) is 2. The number of rotatable bonds is 8. The van der Waals surface area contributed by atoms with Crippen molar-refractivity contribution >= 4 is 27.5 Å². The summed E-state index contributed by atoms with van der Waals surface area (Å²) in [5.41, 5.74) is 2.51. The quantitative estimate of drug-likeness (QED) is 0.636. The molecular formula is C24H31N3O4S. The van der Waals surface area contributed by atoms with Gasteiger partial charge in [0, 0.05) is 18.7 Å². The summed E-state index contributed by atoms with van der Waals surface area (Å²) in [5.74, 6) is -0.609. The molecule has 8 heteroatoms. The minimum atomic E-state index is -3.93. The van der Waals surface area contributed by atoms with Gasteiger partial charge in [0.2, 0.25) is 21.8 Å². The topological polar surface area (TPSA) is 95.6 Å². The van der Waals surface area contributed by atoms with Gasteiger partial charge in [-0.1, -0.05) is 51.1 Å². The monoisotopic (exact) mass is 457 g/mol. The molecule has 1 aliphatic heterocycles. The molecular weight excluding hydrogens is 426 g/mol. The van der Waals surface area contributed by atoms with E-state index in [2.05, 4.69) is 10.0 Å². The van der Waals surface area contributed by atoms with Gasteiger partial charge < -0.3 is 10.2 Å². The van der Waals surface area contributed by atoms with Crippen LogP contribution in [0.4, 0.5) is 5.69 Å². The van der Waals surface area contributed by atoms with Crippen molar-refractivity contribution in [3.05, 3.63) is 59.7 Å². The van der Waals surface area contributed by atoms with Gasteiger partial charge in [0.05, 0.1) is 10.9 Å². The predicted octanol–water partition coefficient (Wildman–Crippen LogP) is 3.17. The lowest BCUT2D eigenvalue weighted by atomic mass is 10.0. The van der Waals surface area contributed by atoms with Gasteiger partial charge in [-0.3, -0.25) is 9.59 Å². The number of carbonyl (C=O) groups excluding carboxylic acids is 2. The van der Waals surface area contributed by atoms with Crippen molar-refractivity contribution < 1.29 is 18.0 Å². The fourth-order valence-electron chi connectivity index (χ4n) is 3.85. The zero-order valence-corrected chi connectivity index (χ0v) is 19.8. The summed E-state index contributed by atoms with van der Waals surface area (Å²) >= 11 is 0. The van der Waals surface area contributed by atoms with Gasteiger partial charge in [0.1, 0.15) is 6.04 Å². The predicted molar refractivity (Wildman–Crippen MR) is 125 cm³/mol. The Balaban J connectivity index is 1.77. The third kappa shape index (κ3) is 5.19. The van der Waals surface area contributed by atoms with Crippen molar-refractivity contribution in [3.8, 4) is 0 Å². The molecule has 2 atom stereocenters. The molecule has 1 heterocycles. The SMILES string of the molecule is CCC(=O)N1CCc2cc(S(=O)(=O)N[C@H](C(=O)N[C@@H](C)c3ccccc3)C(C)C)ccc21. The van der Waals surface area contributed by atoms with Crippen LogP contribution in [0.25, 0.3) is 0 Å². The maximum absolute atomic E-state index is 13.1. The Labute approximate surface area is 190 Å². The lowest BCUT2D eigenvalue weighted by molar-refractivity contribution is -0.124. The number of fused-ring (bicyclic) bond motifs is 1. The summed E-state index contributed by atoms with van der Waals surface area (Å²) in [6.45, 7) is 7.82. The lowest BCUT2D eigenvalue weighted by Gasteiger charge is -2.24. The van der Waals surface area contributed by atoms with Crippen LogP contribution in [0.3, 0.4) is 0 Å². The van der Waals surface area contributed by atoms with Crippen molar-refractivity contribution in [1.29, 1.82) is 0 Å². The van der Waals surface area contributed by atoms with Gasteiger partial charge in [-0.05, 0) is 48.6 Å². The molecule has 7 nitrogen and oxygen atoms in total. The smallest absolute Gasteiger partial charge is 0.241 e. The first-order chi connectivity index (χ1) is 15.1. The van der Waals surface area contributed by atoms with E-state index in [1.54, 1.807) is 37.8 Å². The Morgan fingerprint density at radius 3 is 2.38 bits per heavy atom. The summed E-state index contributed by atoms with van der Waals surface area (Å²) in [6, 6.07) is 13.1. The van der Waals surface area contributed by atoms with E-state index in [9.17, 15) is 18.0 Å². The van der Waals surface area contributed by atoms with Crippen LogP contribution in [0.2, 0.25) is 0 Å². The van der Waals surface area contributed by atoms with E-state index < -0.39 is 16.1 Å². The molecule has 2 aromatic carbocycles. The van der Waals surface area contributed by atoms with E-state index >= 15 is 0 Å². The first kappa shape index (κ1) is 23.9. The standard InChI is InChI=1S/C24H31N3O4S/c1-5-22(28)27-14-13-19-15-20(11-12-21(19)27)32(30,31)26-23(16(2)3)24(29)25-17(4)18-9-7-6-8-10-18/h6-12,15-17,23,26H,5,13-14H2,1-4H3,(H,25,29)/t17-,23-/m0/s1. The number of nitrogens with one attached hydrogen (secondary N) is 2. The fourth-order valence-corrected chi connectivity index (χ4v) is 5.25. The van der Waals surface area contributed by atoms with Gasteiger partial charge in [0.15, 0.2) is 0 Å². The van der Waals surface area contributed by atoms with E-state index in [1.807, 2.05) is 37.3 Å². The second-order valence-corrected chi connectivity index (χ2v) is 10.1. The molecule has 0 unspecified atom stereocenters. The van der Waals surface area contributed by atoms with Crippen LogP contribution < -0.4 is 14.9 Å². The molecule has 1 aliphatic rings. The minimum absolute atomic E-state index is 0.0153. The number of benzene rings is 2. The average molecular weight is 458 g/mol. The van der Waals surface area contributed by atoms with E-state index in [-0.39, 0.29) is 28.7 Å². The van der Waals surface area contributed by atoms with Gasteiger partial charge in [-0.2, -0.15) is 4.72 Å². The second kappa shape index (κ2) is 9.83. The maximum atomic E-state index is 13.1. The van der Waals surface area contributed by atoms with E-state index in [0.717, 1.165) is 16.8 Å². The molecule has 2 aromatic rings. The molecule has 2 amide bonds. The Morgan fingerprint density at radius 2 is 1.75 bits per heavy atom. The van der Waals surface area contributed by atoms with Gasteiger partial charge in [0.25, 0.3) is 0 Å². The highest BCUT2D eigenvalue weighted by Crippen LogP contribution is 2.30. The van der Waals surface area contributed by atoms with E-state index in [0.29, 0.717) is 19.4 Å². The lowest BCUT2D eigenvalue weighted by Crippen LogP contribution is -2.50. The number of carbonyl (C=O) groups is 2. The second-order valence-electron chi connectivity index (χ2n) is 8.42. The van der Waals surface area contributed by atoms with Crippen LogP contribution in [-0.2, 0) is 26.0 Å². The van der Waals surface area contributed by atoms with E-state index in [1.165, 1.54) is 6.07 Å². The summed E-state index contributed by atoms with van der Waals surface area (Å²) in [6.07, 6.45) is 1.00. The van der Waals surface area contributed by atoms with Crippen LogP contribution in [0, 0.1) is 5.92 Å². The number of hydrogen-bond acceptors (Lipinski definition) is 4. The Kier molecular flexibility index (Phi) is 7.36. The molecule has 0 radical (unpaired) electrons. The highest BCUT2D eigenvalue weighted by Gasteiger charge is 2.31. The molecule has 0 fully saturated rings. The molecule has 0 aliphatic carbocycles. The molecule has 0 saturated heterocycles. The van der Waals surface area contributed by atoms with Crippen molar-refractivity contribution in [3.63, 3.8) is 0 Å². The summed E-state index contributed by atoms with van der Waals surface area (Å²) in [5, 5.41) is 2.91. The molecule has 32 heavy (non-hydrogen) atoms. The highest BCUT2D eigenvalue weighted by molar-refractivity contribution is 7.89. The first-order valence-electron chi connectivity index (χ1n) is 10.9. The average Bonchev–Trinajstić information content (AvgIpc) is 3.20. The van der Waals surface area contributed by atoms with Crippen LogP contribution in [0.15, 0.2) is 53.4 Å². The van der Waals surface area contributed by atoms with Gasteiger partial charge in [-0.15, -0.1) is 0 Å². The molecule has 0 saturated carbocycles. The fraction of sp³-hybridized carbons (Fsp3) is 0.417. The molecule has 2 N–H and O–H groups in total. The molecule has 0 bridgehead atoms. The normalized spacial score (nSPS) is 15.3. The van der Waals surface area contributed by atoms with Crippen LogP contribution >= 0.6 is 0 Å². The Hall–Kier alpha value is -2.71. The molecule has 0 spiro atoms. The van der Waals surface area contributed by atoms with Crippen LogP contribution in [-0.4, -0.2) is 32.8 Å². The number of anilines is 1. The third-order valence-corrected chi connectivity index (χ3v) is 7.19. The number of sulfonamides is 1. The Morgan fingerprint density at radius 1 is 1.06 bits per heavy atom. The Bertz CT molecular complexity index is 1080. The van der Waals surface area contributed by atoms with Gasteiger partial charge in [-0.25, -0.2) is 8.42 Å². The highest BCUT2D eigenvalue weighted by atomic mass is 32.2. The first-order valence-corrected chi connectivity index (χ1v) is 12.4. The summed E-state index contributed by atoms with van der Waals surface area (Å²) in [7, 11) is -3.93. The van der Waals surface area contributed by atoms with Crippen molar-refractivity contribution in [1.82, 2.24) is 10.0 Å². The zero-order valence-electron chi connectivity index (χ0n) is 19.0. The van der Waals surface area contributed by atoms with Crippen molar-refractivity contribution in [2.45, 2.75) is 57.5 Å².